The molecule has 0 saturated carbocycles. The summed E-state index contributed by atoms with van der Waals surface area (Å²) in [5.41, 5.74) is 6.44. The average molecular weight is 661 g/mol. The van der Waals surface area contributed by atoms with Crippen LogP contribution < -0.4 is 15.5 Å². The molecule has 0 bridgehead atoms. The van der Waals surface area contributed by atoms with Crippen LogP contribution >= 0.6 is 15.9 Å². The molecule has 1 atom stereocenters. The summed E-state index contributed by atoms with van der Waals surface area (Å²) in [6.45, 7) is 6.63. The molecule has 42 heavy (non-hydrogen) atoms. The number of benzene rings is 2. The smallest absolute Gasteiger partial charge is 0.319 e. The minimum atomic E-state index is -3.34. The van der Waals surface area contributed by atoms with Gasteiger partial charge >= 0.3 is 6.03 Å². The predicted molar refractivity (Wildman–Crippen MR) is 168 cm³/mol. The van der Waals surface area contributed by atoms with Crippen molar-refractivity contribution in [2.24, 2.45) is 0 Å². The Bertz CT molecular complexity index is 1540. The van der Waals surface area contributed by atoms with Gasteiger partial charge in [-0.1, -0.05) is 40.2 Å². The van der Waals surface area contributed by atoms with Crippen LogP contribution in [0.25, 0.3) is 11.3 Å². The maximum Gasteiger partial charge on any atom is 0.319 e. The molecule has 1 aromatic heterocycles. The lowest BCUT2D eigenvalue weighted by Crippen LogP contribution is -2.49. The number of para-hydroxylation sites is 1. The standard InChI is InChI=1S/C29H38BrN7O4S/c1-20-5-4-6-25(32-29(39)31-2)28(20)35-15-13-34(14-16-35)17-23(38)18-37-26-11-12-36(42(3,40)41)19-24(26)27(33-37)21-7-9-22(30)10-8-21/h4-10,23,38H,11-19H2,1-3H3,(H2,31,32,39). The number of nitrogens with zero attached hydrogens (tertiary/aromatic N) is 5. The number of amides is 2. The lowest BCUT2D eigenvalue weighted by Gasteiger charge is -2.38. The molecule has 2 aliphatic rings. The summed E-state index contributed by atoms with van der Waals surface area (Å²) < 4.78 is 29.0. The van der Waals surface area contributed by atoms with E-state index >= 15 is 0 Å². The SMILES string of the molecule is CNC(=O)Nc1cccc(C)c1N1CCN(CC(O)Cn2nc(-c3ccc(Br)cc3)c3c2CCN(S(C)(=O)=O)C3)CC1. The van der Waals surface area contributed by atoms with Gasteiger partial charge in [-0.15, -0.1) is 0 Å². The van der Waals surface area contributed by atoms with Crippen LogP contribution in [0.4, 0.5) is 16.2 Å². The molecular weight excluding hydrogens is 622 g/mol. The van der Waals surface area contributed by atoms with E-state index in [4.69, 9.17) is 5.10 Å². The number of aromatic nitrogens is 2. The monoisotopic (exact) mass is 659 g/mol. The van der Waals surface area contributed by atoms with E-state index in [0.717, 1.165) is 70.1 Å². The van der Waals surface area contributed by atoms with E-state index in [2.05, 4.69) is 36.4 Å². The zero-order valence-corrected chi connectivity index (χ0v) is 26.6. The molecule has 0 spiro atoms. The molecule has 2 aliphatic heterocycles. The zero-order valence-electron chi connectivity index (χ0n) is 24.2. The van der Waals surface area contributed by atoms with E-state index in [9.17, 15) is 18.3 Å². The Balaban J connectivity index is 1.27. The van der Waals surface area contributed by atoms with Gasteiger partial charge in [-0.05, 0) is 30.7 Å². The number of halogens is 1. The number of nitrogens with one attached hydrogen (secondary N) is 2. The molecule has 3 aromatic rings. The first-order valence-corrected chi connectivity index (χ1v) is 16.7. The molecule has 5 rings (SSSR count). The highest BCUT2D eigenvalue weighted by molar-refractivity contribution is 9.10. The van der Waals surface area contributed by atoms with E-state index < -0.39 is 16.1 Å². The number of aliphatic hydroxyl groups excluding tert-OH is 1. The van der Waals surface area contributed by atoms with E-state index in [-0.39, 0.29) is 12.6 Å². The Morgan fingerprint density at radius 1 is 1.07 bits per heavy atom. The van der Waals surface area contributed by atoms with Crippen LogP contribution in [-0.4, -0.2) is 97.2 Å². The Hall–Kier alpha value is -2.97. The number of rotatable bonds is 8. The number of urea groups is 1. The van der Waals surface area contributed by atoms with Crippen molar-refractivity contribution >= 4 is 43.4 Å². The number of fused-ring (bicyclic) bond motifs is 1. The third kappa shape index (κ3) is 6.81. The molecule has 0 radical (unpaired) electrons. The first-order chi connectivity index (χ1) is 20.0. The minimum absolute atomic E-state index is 0.253. The van der Waals surface area contributed by atoms with Crippen molar-refractivity contribution in [3.05, 3.63) is 63.8 Å². The van der Waals surface area contributed by atoms with Gasteiger partial charge in [0.25, 0.3) is 0 Å². The quantitative estimate of drug-likeness (QED) is 0.340. The highest BCUT2D eigenvalue weighted by Crippen LogP contribution is 2.33. The van der Waals surface area contributed by atoms with Crippen LogP contribution in [-0.2, 0) is 29.5 Å². The molecule has 3 heterocycles. The van der Waals surface area contributed by atoms with E-state index in [1.54, 1.807) is 7.05 Å². The average Bonchev–Trinajstić information content (AvgIpc) is 3.31. The topological polar surface area (TPSA) is 123 Å². The summed E-state index contributed by atoms with van der Waals surface area (Å²) in [7, 11) is -1.74. The molecule has 226 valence electrons. The highest BCUT2D eigenvalue weighted by Gasteiger charge is 2.31. The van der Waals surface area contributed by atoms with E-state index in [1.165, 1.54) is 10.6 Å². The van der Waals surface area contributed by atoms with Gasteiger partial charge in [0.2, 0.25) is 10.0 Å². The second-order valence-electron chi connectivity index (χ2n) is 10.9. The van der Waals surface area contributed by atoms with Crippen LogP contribution in [0.3, 0.4) is 0 Å². The summed E-state index contributed by atoms with van der Waals surface area (Å²) in [5.74, 6) is 0. The van der Waals surface area contributed by atoms with Gasteiger partial charge in [-0.25, -0.2) is 13.2 Å². The number of piperazine rings is 1. The number of carbonyl (C=O) groups is 1. The third-order valence-electron chi connectivity index (χ3n) is 7.94. The number of hydrogen-bond acceptors (Lipinski definition) is 7. The van der Waals surface area contributed by atoms with E-state index in [0.29, 0.717) is 26.1 Å². The lowest BCUT2D eigenvalue weighted by atomic mass is 10.0. The Kier molecular flexibility index (Phi) is 9.23. The first kappa shape index (κ1) is 30.5. The molecule has 1 saturated heterocycles. The van der Waals surface area contributed by atoms with Crippen LogP contribution in [0.1, 0.15) is 16.8 Å². The van der Waals surface area contributed by atoms with Crippen LogP contribution in [0, 0.1) is 6.92 Å². The van der Waals surface area contributed by atoms with Crippen molar-refractivity contribution in [1.29, 1.82) is 0 Å². The predicted octanol–water partition coefficient (Wildman–Crippen LogP) is 2.87. The molecule has 0 aliphatic carbocycles. The molecule has 1 unspecified atom stereocenters. The fraction of sp³-hybridized carbons (Fsp3) is 0.448. The van der Waals surface area contributed by atoms with Crippen molar-refractivity contribution in [2.75, 3.05) is 62.8 Å². The molecule has 2 amide bonds. The second kappa shape index (κ2) is 12.7. The van der Waals surface area contributed by atoms with Gasteiger partial charge in [0.05, 0.1) is 36.0 Å². The second-order valence-corrected chi connectivity index (χ2v) is 13.8. The number of anilines is 2. The highest BCUT2D eigenvalue weighted by atomic mass is 79.9. The summed E-state index contributed by atoms with van der Waals surface area (Å²) in [4.78, 5) is 16.5. The van der Waals surface area contributed by atoms with Crippen molar-refractivity contribution in [2.45, 2.75) is 32.5 Å². The maximum atomic E-state index is 12.3. The first-order valence-electron chi connectivity index (χ1n) is 14.1. The molecule has 1 fully saturated rings. The molecule has 2 aromatic carbocycles. The van der Waals surface area contributed by atoms with Crippen molar-refractivity contribution in [3.63, 3.8) is 0 Å². The number of aliphatic hydroxyl groups is 1. The largest absolute Gasteiger partial charge is 0.390 e. The summed E-state index contributed by atoms with van der Waals surface area (Å²) in [5, 5.41) is 21.6. The number of carbonyl (C=O) groups excluding carboxylic acids is 1. The number of hydrogen-bond donors (Lipinski definition) is 3. The Labute approximate surface area is 255 Å². The lowest BCUT2D eigenvalue weighted by molar-refractivity contribution is 0.0911. The maximum absolute atomic E-state index is 12.3. The van der Waals surface area contributed by atoms with Crippen molar-refractivity contribution in [1.82, 2.24) is 24.3 Å². The Morgan fingerprint density at radius 2 is 1.79 bits per heavy atom. The number of aryl methyl sites for hydroxylation is 1. The van der Waals surface area contributed by atoms with Gasteiger partial charge in [0.15, 0.2) is 0 Å². The fourth-order valence-corrected chi connectivity index (χ4v) is 6.86. The molecule has 13 heteroatoms. The molecular formula is C29H38BrN7O4S. The summed E-state index contributed by atoms with van der Waals surface area (Å²) in [6, 6.07) is 13.5. The fourth-order valence-electron chi connectivity index (χ4n) is 5.81. The number of sulfonamides is 1. The zero-order chi connectivity index (χ0) is 30.0. The van der Waals surface area contributed by atoms with Crippen LogP contribution in [0.5, 0.6) is 0 Å². The normalized spacial score (nSPS) is 17.1. The summed E-state index contributed by atoms with van der Waals surface area (Å²) >= 11 is 3.48. The molecule has 11 nitrogen and oxygen atoms in total. The van der Waals surface area contributed by atoms with Crippen molar-refractivity contribution < 1.29 is 18.3 Å². The van der Waals surface area contributed by atoms with Gasteiger partial charge in [0, 0.05) is 80.6 Å². The van der Waals surface area contributed by atoms with Gasteiger partial charge < -0.3 is 20.6 Å². The van der Waals surface area contributed by atoms with Crippen LogP contribution in [0.2, 0.25) is 0 Å². The molecule has 3 N–H and O–H groups in total. The van der Waals surface area contributed by atoms with Crippen molar-refractivity contribution in [3.8, 4) is 11.3 Å². The third-order valence-corrected chi connectivity index (χ3v) is 9.72. The van der Waals surface area contributed by atoms with Crippen LogP contribution in [0.15, 0.2) is 46.9 Å². The van der Waals surface area contributed by atoms with Gasteiger partial charge in [-0.3, -0.25) is 9.58 Å². The van der Waals surface area contributed by atoms with Gasteiger partial charge in [0.1, 0.15) is 0 Å². The summed E-state index contributed by atoms with van der Waals surface area (Å²) in [6.07, 6.45) is 1.14. The Morgan fingerprint density at radius 3 is 2.45 bits per heavy atom. The number of β-amino-alcohol motifs (C(OH)–C–C–N with tert-alkyl or cyclic N) is 1. The van der Waals surface area contributed by atoms with Gasteiger partial charge in [-0.2, -0.15) is 9.40 Å². The minimum Gasteiger partial charge on any atom is -0.390 e. The van der Waals surface area contributed by atoms with E-state index in [1.807, 2.05) is 54.1 Å².